The zero-order valence-electron chi connectivity index (χ0n) is 10.9. The van der Waals surface area contributed by atoms with Crippen LogP contribution in [0.2, 0.25) is 0 Å². The number of hydrogen-bond acceptors (Lipinski definition) is 4. The summed E-state index contributed by atoms with van der Waals surface area (Å²) in [5.41, 5.74) is 2.06. The van der Waals surface area contributed by atoms with Crippen LogP contribution < -0.4 is 15.8 Å². The molecule has 0 unspecified atom stereocenters. The minimum Gasteiger partial charge on any atom is -0.370 e. The average molecular weight is 335 g/mol. The number of hydrogen-bond donors (Lipinski definition) is 1. The molecule has 2 aromatic heterocycles. The van der Waals surface area contributed by atoms with Crippen molar-refractivity contribution in [1.29, 1.82) is 0 Å². The number of anilines is 3. The van der Waals surface area contributed by atoms with Gasteiger partial charge in [-0.25, -0.2) is 4.98 Å². The van der Waals surface area contributed by atoms with Gasteiger partial charge in [0.05, 0.1) is 17.3 Å². The Bertz CT molecular complexity index is 649. The molecule has 1 saturated heterocycles. The summed E-state index contributed by atoms with van der Waals surface area (Å²) in [6, 6.07) is 7.52. The third-order valence-electron chi connectivity index (χ3n) is 3.38. The van der Waals surface area contributed by atoms with Crippen LogP contribution in [0.25, 0.3) is 0 Å². The highest BCUT2D eigenvalue weighted by atomic mass is 79.9. The first kappa shape index (κ1) is 13.2. The summed E-state index contributed by atoms with van der Waals surface area (Å²) >= 11 is 3.28. The van der Waals surface area contributed by atoms with Crippen LogP contribution in [0.3, 0.4) is 0 Å². The minimum absolute atomic E-state index is 0.0713. The Balaban J connectivity index is 1.79. The van der Waals surface area contributed by atoms with E-state index in [1.807, 2.05) is 24.4 Å². The molecule has 0 atom stereocenters. The van der Waals surface area contributed by atoms with Crippen LogP contribution in [0.1, 0.15) is 6.42 Å². The molecule has 0 spiro atoms. The lowest BCUT2D eigenvalue weighted by molar-refractivity contribution is 0.617. The van der Waals surface area contributed by atoms with Crippen molar-refractivity contribution in [2.24, 2.45) is 0 Å². The van der Waals surface area contributed by atoms with Gasteiger partial charge in [0.1, 0.15) is 11.5 Å². The van der Waals surface area contributed by atoms with E-state index in [1.54, 1.807) is 16.8 Å². The molecule has 0 aromatic carbocycles. The van der Waals surface area contributed by atoms with Crippen molar-refractivity contribution in [2.45, 2.75) is 11.9 Å². The number of aromatic nitrogens is 2. The van der Waals surface area contributed by atoms with Crippen LogP contribution in [0.5, 0.6) is 0 Å². The molecule has 0 bridgehead atoms. The zero-order chi connectivity index (χ0) is 13.9. The molecule has 1 aliphatic rings. The fourth-order valence-electron chi connectivity index (χ4n) is 2.09. The number of alkyl halides is 1. The fraction of sp³-hybridized carbons (Fsp3) is 0.286. The summed E-state index contributed by atoms with van der Waals surface area (Å²) in [7, 11) is 0. The normalized spacial score (nSPS) is 13.9. The van der Waals surface area contributed by atoms with Gasteiger partial charge in [-0.3, -0.25) is 4.79 Å². The second-order valence-electron chi connectivity index (χ2n) is 4.68. The van der Waals surface area contributed by atoms with E-state index in [2.05, 4.69) is 31.1 Å². The maximum absolute atomic E-state index is 12.1. The van der Waals surface area contributed by atoms with E-state index in [0.29, 0.717) is 17.0 Å². The Kier molecular flexibility index (Phi) is 3.73. The third kappa shape index (κ3) is 2.56. The van der Waals surface area contributed by atoms with Crippen LogP contribution in [-0.2, 0) is 5.45 Å². The van der Waals surface area contributed by atoms with Gasteiger partial charge >= 0.3 is 0 Å². The second-order valence-corrected chi connectivity index (χ2v) is 5.19. The Hall–Kier alpha value is -1.82. The highest BCUT2D eigenvalue weighted by molar-refractivity contribution is 9.08. The molecule has 0 saturated carbocycles. The number of rotatable bonds is 4. The lowest BCUT2D eigenvalue weighted by Crippen LogP contribution is -2.36. The SMILES string of the molecule is O=c1c(Nc2ccc(N3CCC3)cn2)cccn1CBr. The van der Waals surface area contributed by atoms with Gasteiger partial charge in [-0.2, -0.15) is 0 Å². The van der Waals surface area contributed by atoms with E-state index in [4.69, 9.17) is 0 Å². The van der Waals surface area contributed by atoms with Crippen LogP contribution in [0, 0.1) is 0 Å². The highest BCUT2D eigenvalue weighted by Gasteiger charge is 2.14. The first-order valence-corrected chi connectivity index (χ1v) is 7.63. The fourth-order valence-corrected chi connectivity index (χ4v) is 2.48. The first-order chi connectivity index (χ1) is 9.78. The number of pyridine rings is 2. The van der Waals surface area contributed by atoms with E-state index in [-0.39, 0.29) is 5.56 Å². The molecular weight excluding hydrogens is 320 g/mol. The van der Waals surface area contributed by atoms with Crippen molar-refractivity contribution in [1.82, 2.24) is 9.55 Å². The molecule has 104 valence electrons. The van der Waals surface area contributed by atoms with Crippen molar-refractivity contribution >= 4 is 33.1 Å². The van der Waals surface area contributed by atoms with Gasteiger partial charge < -0.3 is 14.8 Å². The Labute approximate surface area is 125 Å². The van der Waals surface area contributed by atoms with Crippen LogP contribution >= 0.6 is 15.9 Å². The number of nitrogens with zero attached hydrogens (tertiary/aromatic N) is 3. The highest BCUT2D eigenvalue weighted by Crippen LogP contribution is 2.21. The largest absolute Gasteiger partial charge is 0.370 e. The van der Waals surface area contributed by atoms with E-state index >= 15 is 0 Å². The summed E-state index contributed by atoms with van der Waals surface area (Å²) in [6.45, 7) is 2.20. The molecule has 2 aromatic rings. The van der Waals surface area contributed by atoms with Crippen molar-refractivity contribution in [3.63, 3.8) is 0 Å². The van der Waals surface area contributed by atoms with Crippen molar-refractivity contribution in [3.05, 3.63) is 47.0 Å². The quantitative estimate of drug-likeness (QED) is 0.873. The monoisotopic (exact) mass is 334 g/mol. The lowest BCUT2D eigenvalue weighted by atomic mass is 10.2. The van der Waals surface area contributed by atoms with E-state index in [0.717, 1.165) is 18.8 Å². The maximum Gasteiger partial charge on any atom is 0.275 e. The maximum atomic E-state index is 12.1. The summed E-state index contributed by atoms with van der Waals surface area (Å²) in [5, 5.41) is 3.07. The van der Waals surface area contributed by atoms with Gasteiger partial charge in [0.25, 0.3) is 5.56 Å². The topological polar surface area (TPSA) is 50.2 Å². The molecule has 0 radical (unpaired) electrons. The van der Waals surface area contributed by atoms with Crippen molar-refractivity contribution in [3.8, 4) is 0 Å². The minimum atomic E-state index is -0.0713. The molecule has 0 aliphatic carbocycles. The van der Waals surface area contributed by atoms with Gasteiger partial charge in [0, 0.05) is 19.3 Å². The number of halogens is 1. The summed E-state index contributed by atoms with van der Waals surface area (Å²) in [6.07, 6.45) is 4.83. The Morgan fingerprint density at radius 2 is 2.15 bits per heavy atom. The van der Waals surface area contributed by atoms with Gasteiger partial charge in [-0.1, -0.05) is 15.9 Å². The van der Waals surface area contributed by atoms with Crippen LogP contribution in [0.15, 0.2) is 41.5 Å². The molecule has 1 aliphatic heterocycles. The average Bonchev–Trinajstić information content (AvgIpc) is 2.41. The predicted molar refractivity (Wildman–Crippen MR) is 84.0 cm³/mol. The van der Waals surface area contributed by atoms with Gasteiger partial charge in [-0.05, 0) is 30.7 Å². The van der Waals surface area contributed by atoms with E-state index < -0.39 is 0 Å². The predicted octanol–water partition coefficient (Wildman–Crippen LogP) is 2.55. The lowest BCUT2D eigenvalue weighted by Gasteiger charge is -2.32. The molecule has 5 nitrogen and oxygen atoms in total. The smallest absolute Gasteiger partial charge is 0.275 e. The second kappa shape index (κ2) is 5.66. The molecule has 1 fully saturated rings. The van der Waals surface area contributed by atoms with E-state index in [1.165, 1.54) is 6.42 Å². The first-order valence-electron chi connectivity index (χ1n) is 6.51. The summed E-state index contributed by atoms with van der Waals surface area (Å²) < 4.78 is 1.58. The van der Waals surface area contributed by atoms with Crippen molar-refractivity contribution < 1.29 is 0 Å². The standard InChI is InChI=1S/C14H15BrN4O/c15-10-19-6-1-3-12(14(19)20)17-13-5-4-11(9-16-13)18-7-2-8-18/h1,3-6,9H,2,7-8,10H2,(H,16,17). The van der Waals surface area contributed by atoms with Gasteiger partial charge in [0.2, 0.25) is 0 Å². The van der Waals surface area contributed by atoms with Crippen LogP contribution in [0.4, 0.5) is 17.2 Å². The molecule has 0 amide bonds. The molecular formula is C14H15BrN4O. The zero-order valence-corrected chi connectivity index (χ0v) is 12.5. The molecule has 6 heteroatoms. The molecule has 3 rings (SSSR count). The molecule has 1 N–H and O–H groups in total. The summed E-state index contributed by atoms with van der Waals surface area (Å²) in [5.74, 6) is 0.679. The Morgan fingerprint density at radius 3 is 2.75 bits per heavy atom. The van der Waals surface area contributed by atoms with E-state index in [9.17, 15) is 4.79 Å². The van der Waals surface area contributed by atoms with Crippen LogP contribution in [-0.4, -0.2) is 22.6 Å². The van der Waals surface area contributed by atoms with Gasteiger partial charge in [-0.15, -0.1) is 0 Å². The third-order valence-corrected chi connectivity index (χ3v) is 3.92. The summed E-state index contributed by atoms with van der Waals surface area (Å²) in [4.78, 5) is 18.7. The molecule has 20 heavy (non-hydrogen) atoms. The molecule has 3 heterocycles. The van der Waals surface area contributed by atoms with Crippen molar-refractivity contribution in [2.75, 3.05) is 23.3 Å². The Morgan fingerprint density at radius 1 is 1.30 bits per heavy atom. The van der Waals surface area contributed by atoms with Gasteiger partial charge in [0.15, 0.2) is 0 Å². The number of nitrogens with one attached hydrogen (secondary N) is 1.